The van der Waals surface area contributed by atoms with Gasteiger partial charge in [-0.15, -0.1) is 0 Å². The molecular formula is C13H24N2O5S. The smallest absolute Gasteiger partial charge is 0.326 e. The Balaban J connectivity index is 2.64. The van der Waals surface area contributed by atoms with E-state index in [9.17, 15) is 18.0 Å². The zero-order chi connectivity index (χ0) is 16.0. The highest BCUT2D eigenvalue weighted by molar-refractivity contribution is 7.90. The lowest BCUT2D eigenvalue weighted by atomic mass is 10.2. The van der Waals surface area contributed by atoms with E-state index in [4.69, 9.17) is 5.11 Å². The molecule has 0 aliphatic heterocycles. The number of nitrogens with one attached hydrogen (secondary N) is 1. The molecule has 1 aliphatic rings. The first-order valence-corrected chi connectivity index (χ1v) is 9.28. The highest BCUT2D eigenvalue weighted by Crippen LogP contribution is 2.23. The number of hydrogen-bond acceptors (Lipinski definition) is 4. The third-order valence-corrected chi connectivity index (χ3v) is 4.72. The molecule has 0 saturated heterocycles. The molecule has 122 valence electrons. The fraction of sp³-hybridized carbons (Fsp3) is 0.846. The van der Waals surface area contributed by atoms with Crippen molar-refractivity contribution >= 4 is 21.8 Å². The summed E-state index contributed by atoms with van der Waals surface area (Å²) < 4.78 is 22.3. The average Bonchev–Trinajstić information content (AvgIpc) is 2.87. The van der Waals surface area contributed by atoms with Crippen molar-refractivity contribution in [2.24, 2.45) is 0 Å². The van der Waals surface area contributed by atoms with Crippen LogP contribution in [0.3, 0.4) is 0 Å². The summed E-state index contributed by atoms with van der Waals surface area (Å²) >= 11 is 0. The maximum absolute atomic E-state index is 12.2. The number of rotatable bonds is 7. The lowest BCUT2D eigenvalue weighted by molar-refractivity contribution is -0.139. The van der Waals surface area contributed by atoms with Gasteiger partial charge in [0, 0.05) is 18.8 Å². The number of carbonyl (C=O) groups is 2. The summed E-state index contributed by atoms with van der Waals surface area (Å²) in [5.41, 5.74) is 0. The Morgan fingerprint density at radius 1 is 1.33 bits per heavy atom. The van der Waals surface area contributed by atoms with Crippen LogP contribution >= 0.6 is 0 Å². The van der Waals surface area contributed by atoms with Gasteiger partial charge in [0.15, 0.2) is 0 Å². The average molecular weight is 320 g/mol. The molecule has 7 nitrogen and oxygen atoms in total. The third kappa shape index (κ3) is 5.91. The van der Waals surface area contributed by atoms with Crippen LogP contribution in [-0.2, 0) is 14.6 Å². The normalized spacial score (nSPS) is 17.4. The van der Waals surface area contributed by atoms with Crippen LogP contribution in [0.2, 0.25) is 0 Å². The first kappa shape index (κ1) is 17.7. The van der Waals surface area contributed by atoms with Crippen molar-refractivity contribution in [2.45, 2.75) is 51.1 Å². The summed E-state index contributed by atoms with van der Waals surface area (Å²) in [5.74, 6) is -1.48. The first-order chi connectivity index (χ1) is 9.74. The molecule has 1 rings (SSSR count). The molecule has 2 N–H and O–H groups in total. The zero-order valence-corrected chi connectivity index (χ0v) is 13.4. The van der Waals surface area contributed by atoms with Crippen molar-refractivity contribution in [2.75, 3.05) is 18.6 Å². The highest BCUT2D eigenvalue weighted by atomic mass is 32.2. The SMILES string of the molecule is CCN(C(=O)NC(CCS(C)(=O)=O)C(=O)O)C1CCCC1. The molecule has 0 bridgehead atoms. The molecule has 8 heteroatoms. The van der Waals surface area contributed by atoms with E-state index < -0.39 is 27.9 Å². The van der Waals surface area contributed by atoms with Crippen molar-refractivity contribution in [1.29, 1.82) is 0 Å². The highest BCUT2D eigenvalue weighted by Gasteiger charge is 2.29. The maximum Gasteiger partial charge on any atom is 0.326 e. The zero-order valence-electron chi connectivity index (χ0n) is 12.5. The van der Waals surface area contributed by atoms with Crippen molar-refractivity contribution in [3.63, 3.8) is 0 Å². The Kier molecular flexibility index (Phi) is 6.44. The Bertz CT molecular complexity index is 471. The number of nitrogens with zero attached hydrogens (tertiary/aromatic N) is 1. The van der Waals surface area contributed by atoms with Gasteiger partial charge in [-0.05, 0) is 26.2 Å². The van der Waals surface area contributed by atoms with E-state index in [1.165, 1.54) is 0 Å². The summed E-state index contributed by atoms with van der Waals surface area (Å²) in [5, 5.41) is 11.6. The van der Waals surface area contributed by atoms with Crippen molar-refractivity contribution in [1.82, 2.24) is 10.2 Å². The van der Waals surface area contributed by atoms with Gasteiger partial charge in [-0.1, -0.05) is 12.8 Å². The van der Waals surface area contributed by atoms with Crippen LogP contribution in [0, 0.1) is 0 Å². The van der Waals surface area contributed by atoms with Gasteiger partial charge in [-0.3, -0.25) is 0 Å². The fourth-order valence-corrected chi connectivity index (χ4v) is 3.27. The van der Waals surface area contributed by atoms with Crippen molar-refractivity contribution in [3.05, 3.63) is 0 Å². The van der Waals surface area contributed by atoms with Crippen LogP contribution in [-0.4, -0.2) is 61.1 Å². The van der Waals surface area contributed by atoms with Crippen LogP contribution in [0.25, 0.3) is 0 Å². The molecule has 1 atom stereocenters. The van der Waals surface area contributed by atoms with Gasteiger partial charge in [0.2, 0.25) is 0 Å². The van der Waals surface area contributed by atoms with E-state index in [2.05, 4.69) is 5.32 Å². The monoisotopic (exact) mass is 320 g/mol. The minimum atomic E-state index is -3.26. The molecule has 1 aliphatic carbocycles. The van der Waals surface area contributed by atoms with Gasteiger partial charge >= 0.3 is 12.0 Å². The molecule has 1 fully saturated rings. The predicted molar refractivity (Wildman–Crippen MR) is 78.9 cm³/mol. The second-order valence-electron chi connectivity index (χ2n) is 5.48. The quantitative estimate of drug-likeness (QED) is 0.723. The number of amides is 2. The molecule has 0 aromatic carbocycles. The van der Waals surface area contributed by atoms with E-state index in [-0.39, 0.29) is 18.2 Å². The van der Waals surface area contributed by atoms with Crippen molar-refractivity contribution in [3.8, 4) is 0 Å². The number of sulfone groups is 1. The van der Waals surface area contributed by atoms with E-state index in [1.807, 2.05) is 6.92 Å². The standard InChI is InChI=1S/C13H24N2O5S/c1-3-15(10-6-4-5-7-10)13(18)14-11(12(16)17)8-9-21(2,19)20/h10-11H,3-9H2,1-2H3,(H,14,18)(H,16,17). The number of hydrogen-bond donors (Lipinski definition) is 2. The van der Waals surface area contributed by atoms with Crippen LogP contribution in [0.15, 0.2) is 0 Å². The Labute approximate surface area is 125 Å². The molecule has 1 saturated carbocycles. The van der Waals surface area contributed by atoms with Gasteiger partial charge in [0.1, 0.15) is 15.9 Å². The molecule has 2 amide bonds. The number of urea groups is 1. The van der Waals surface area contributed by atoms with Gasteiger partial charge in [0.05, 0.1) is 5.75 Å². The molecule has 1 unspecified atom stereocenters. The van der Waals surface area contributed by atoms with Crippen LogP contribution in [0.5, 0.6) is 0 Å². The molecule has 0 heterocycles. The number of aliphatic carboxylic acids is 1. The minimum absolute atomic E-state index is 0.123. The second kappa shape index (κ2) is 7.63. The number of carboxylic acids is 1. The first-order valence-electron chi connectivity index (χ1n) is 7.22. The molecule has 0 spiro atoms. The molecule has 0 radical (unpaired) electrons. The second-order valence-corrected chi connectivity index (χ2v) is 7.74. The lowest BCUT2D eigenvalue weighted by Gasteiger charge is -2.29. The van der Waals surface area contributed by atoms with Gasteiger partial charge in [-0.2, -0.15) is 0 Å². The largest absolute Gasteiger partial charge is 0.480 e. The summed E-state index contributed by atoms with van der Waals surface area (Å²) in [7, 11) is -3.26. The number of carbonyl (C=O) groups excluding carboxylic acids is 1. The Hall–Kier alpha value is -1.31. The van der Waals surface area contributed by atoms with Crippen LogP contribution in [0.4, 0.5) is 4.79 Å². The molecule has 21 heavy (non-hydrogen) atoms. The van der Waals surface area contributed by atoms with Gasteiger partial charge < -0.3 is 15.3 Å². The molecule has 0 aromatic rings. The fourth-order valence-electron chi connectivity index (χ4n) is 2.60. The van der Waals surface area contributed by atoms with E-state index in [1.54, 1.807) is 4.90 Å². The molecule has 0 aromatic heterocycles. The maximum atomic E-state index is 12.2. The van der Waals surface area contributed by atoms with E-state index in [0.717, 1.165) is 31.9 Å². The Morgan fingerprint density at radius 3 is 2.33 bits per heavy atom. The van der Waals surface area contributed by atoms with E-state index in [0.29, 0.717) is 6.54 Å². The third-order valence-electron chi connectivity index (χ3n) is 3.74. The van der Waals surface area contributed by atoms with Crippen LogP contribution < -0.4 is 5.32 Å². The van der Waals surface area contributed by atoms with Gasteiger partial charge in [0.25, 0.3) is 0 Å². The Morgan fingerprint density at radius 2 is 1.90 bits per heavy atom. The summed E-state index contributed by atoms with van der Waals surface area (Å²) in [4.78, 5) is 25.0. The van der Waals surface area contributed by atoms with E-state index >= 15 is 0 Å². The summed E-state index contributed by atoms with van der Waals surface area (Å²) in [6, 6.07) is -1.45. The van der Waals surface area contributed by atoms with Crippen LogP contribution in [0.1, 0.15) is 39.0 Å². The van der Waals surface area contributed by atoms with Gasteiger partial charge in [-0.25, -0.2) is 18.0 Å². The predicted octanol–water partition coefficient (Wildman–Crippen LogP) is 0.848. The van der Waals surface area contributed by atoms with Crippen molar-refractivity contribution < 1.29 is 23.1 Å². The topological polar surface area (TPSA) is 104 Å². The summed E-state index contributed by atoms with van der Waals surface area (Å²) in [6.45, 7) is 2.36. The lowest BCUT2D eigenvalue weighted by Crippen LogP contribution is -2.51. The minimum Gasteiger partial charge on any atom is -0.480 e. The number of carboxylic acid groups (broad SMARTS) is 1. The summed E-state index contributed by atoms with van der Waals surface area (Å²) in [6.07, 6.45) is 4.94. The molecular weight excluding hydrogens is 296 g/mol.